The smallest absolute Gasteiger partial charge is 0.309 e. The molecule has 0 aliphatic carbocycles. The topological polar surface area (TPSA) is 58.6 Å². The number of rotatable bonds is 6. The number of hydrogen-bond acceptors (Lipinski definition) is 4. The summed E-state index contributed by atoms with van der Waals surface area (Å²) in [4.78, 5) is 24.7. The van der Waals surface area contributed by atoms with Gasteiger partial charge >= 0.3 is 5.97 Å². The van der Waals surface area contributed by atoms with Gasteiger partial charge in [-0.2, -0.15) is 0 Å². The molecule has 20 heavy (non-hydrogen) atoms. The second kappa shape index (κ2) is 7.59. The monoisotopic (exact) mass is 282 g/mol. The summed E-state index contributed by atoms with van der Waals surface area (Å²) in [5.74, 6) is -1.47. The van der Waals surface area contributed by atoms with E-state index in [1.807, 2.05) is 0 Å². The number of esters is 1. The highest BCUT2D eigenvalue weighted by molar-refractivity contribution is 5.92. The first-order valence-electron chi connectivity index (χ1n) is 6.24. The second-order valence-electron chi connectivity index (χ2n) is 4.65. The molecule has 0 saturated carbocycles. The predicted octanol–water partition coefficient (Wildman–Crippen LogP) is 1.51. The van der Waals surface area contributed by atoms with Gasteiger partial charge in [0.25, 0.3) is 0 Å². The van der Waals surface area contributed by atoms with Crippen LogP contribution in [0.2, 0.25) is 0 Å². The quantitative estimate of drug-likeness (QED) is 0.803. The minimum absolute atomic E-state index is 0.0651. The maximum Gasteiger partial charge on any atom is 0.309 e. The number of anilines is 1. The number of halogens is 1. The molecule has 6 heteroatoms. The van der Waals surface area contributed by atoms with Crippen molar-refractivity contribution in [1.29, 1.82) is 0 Å². The summed E-state index contributed by atoms with van der Waals surface area (Å²) in [5, 5.41) is 2.49. The third-order valence-electron chi connectivity index (χ3n) is 2.75. The number of benzene rings is 1. The number of para-hydroxylation sites is 1. The van der Waals surface area contributed by atoms with Crippen LogP contribution in [0.1, 0.15) is 6.92 Å². The van der Waals surface area contributed by atoms with Crippen molar-refractivity contribution < 1.29 is 18.7 Å². The van der Waals surface area contributed by atoms with E-state index in [0.717, 1.165) is 0 Å². The number of likely N-dealkylation sites (N-methyl/N-ethyl adjacent to an activating group) is 1. The Hall–Kier alpha value is -1.95. The van der Waals surface area contributed by atoms with Crippen LogP contribution in [0.5, 0.6) is 0 Å². The molecule has 1 rings (SSSR count). The zero-order valence-corrected chi connectivity index (χ0v) is 11.9. The van der Waals surface area contributed by atoms with Crippen molar-refractivity contribution in [2.24, 2.45) is 5.92 Å². The van der Waals surface area contributed by atoms with Crippen LogP contribution in [0.3, 0.4) is 0 Å². The molecular formula is C14H19FN2O3. The van der Waals surface area contributed by atoms with Crippen molar-refractivity contribution in [2.75, 3.05) is 32.6 Å². The van der Waals surface area contributed by atoms with Crippen molar-refractivity contribution >= 4 is 17.6 Å². The van der Waals surface area contributed by atoms with Gasteiger partial charge in [0.2, 0.25) is 5.91 Å². The Labute approximate surface area is 117 Å². The lowest BCUT2D eigenvalue weighted by Crippen LogP contribution is -2.35. The van der Waals surface area contributed by atoms with Gasteiger partial charge in [-0.15, -0.1) is 0 Å². The number of amides is 1. The van der Waals surface area contributed by atoms with Crippen molar-refractivity contribution in [3.8, 4) is 0 Å². The van der Waals surface area contributed by atoms with Gasteiger partial charge in [0, 0.05) is 6.54 Å². The van der Waals surface area contributed by atoms with Gasteiger partial charge in [-0.25, -0.2) is 4.39 Å². The molecule has 0 bridgehead atoms. The Morgan fingerprint density at radius 1 is 1.40 bits per heavy atom. The fourth-order valence-corrected chi connectivity index (χ4v) is 1.81. The van der Waals surface area contributed by atoms with Crippen LogP contribution < -0.4 is 5.32 Å². The third kappa shape index (κ3) is 4.97. The zero-order valence-electron chi connectivity index (χ0n) is 11.9. The van der Waals surface area contributed by atoms with E-state index >= 15 is 0 Å². The molecule has 1 unspecified atom stereocenters. The number of hydrogen-bond donors (Lipinski definition) is 1. The normalized spacial score (nSPS) is 12.1. The molecule has 1 atom stereocenters. The number of nitrogens with zero attached hydrogens (tertiary/aromatic N) is 1. The number of nitrogens with one attached hydrogen (secondary N) is 1. The Morgan fingerprint density at radius 3 is 2.65 bits per heavy atom. The zero-order chi connectivity index (χ0) is 15.1. The van der Waals surface area contributed by atoms with E-state index in [1.165, 1.54) is 19.2 Å². The summed E-state index contributed by atoms with van der Waals surface area (Å²) in [6.07, 6.45) is 0. The van der Waals surface area contributed by atoms with Crippen LogP contribution >= 0.6 is 0 Å². The minimum Gasteiger partial charge on any atom is -0.469 e. The average molecular weight is 282 g/mol. The Kier molecular flexibility index (Phi) is 6.11. The summed E-state index contributed by atoms with van der Waals surface area (Å²) >= 11 is 0. The van der Waals surface area contributed by atoms with Gasteiger partial charge in [-0.3, -0.25) is 14.5 Å². The molecule has 0 aromatic heterocycles. The molecule has 5 nitrogen and oxygen atoms in total. The molecule has 1 N–H and O–H groups in total. The molecule has 1 amide bonds. The van der Waals surface area contributed by atoms with E-state index in [0.29, 0.717) is 6.54 Å². The number of methoxy groups -OCH3 is 1. The highest BCUT2D eigenvalue weighted by Crippen LogP contribution is 2.12. The maximum absolute atomic E-state index is 13.4. The maximum atomic E-state index is 13.4. The van der Waals surface area contributed by atoms with Crippen molar-refractivity contribution in [3.05, 3.63) is 30.1 Å². The Balaban J connectivity index is 2.46. The number of ether oxygens (including phenoxy) is 1. The largest absolute Gasteiger partial charge is 0.469 e. The minimum atomic E-state index is -0.480. The average Bonchev–Trinajstić information content (AvgIpc) is 2.40. The van der Waals surface area contributed by atoms with Gasteiger partial charge in [-0.05, 0) is 19.2 Å². The second-order valence-corrected chi connectivity index (χ2v) is 4.65. The van der Waals surface area contributed by atoms with Crippen LogP contribution in [0.4, 0.5) is 10.1 Å². The lowest BCUT2D eigenvalue weighted by Gasteiger charge is -2.19. The van der Waals surface area contributed by atoms with Crippen LogP contribution in [0.25, 0.3) is 0 Å². The molecule has 1 aromatic rings. The van der Waals surface area contributed by atoms with Gasteiger partial charge in [-0.1, -0.05) is 19.1 Å². The molecule has 0 aliphatic rings. The summed E-state index contributed by atoms with van der Waals surface area (Å²) < 4.78 is 18.0. The molecule has 1 aromatic carbocycles. The Bertz CT molecular complexity index is 479. The lowest BCUT2D eigenvalue weighted by molar-refractivity contribution is -0.145. The van der Waals surface area contributed by atoms with E-state index in [4.69, 9.17) is 0 Å². The summed E-state index contributed by atoms with van der Waals surface area (Å²) in [6, 6.07) is 5.96. The van der Waals surface area contributed by atoms with Crippen LogP contribution in [-0.2, 0) is 14.3 Å². The first kappa shape index (κ1) is 16.1. The number of carbonyl (C=O) groups excluding carboxylic acids is 2. The molecule has 0 heterocycles. The van der Waals surface area contributed by atoms with Crippen molar-refractivity contribution in [1.82, 2.24) is 4.90 Å². The number of carbonyl (C=O) groups is 2. The summed E-state index contributed by atoms with van der Waals surface area (Å²) in [5.41, 5.74) is 0.145. The van der Waals surface area contributed by atoms with E-state index in [9.17, 15) is 14.0 Å². The predicted molar refractivity (Wildman–Crippen MR) is 73.7 cm³/mol. The van der Waals surface area contributed by atoms with Gasteiger partial charge in [0.05, 0.1) is 25.3 Å². The fraction of sp³-hybridized carbons (Fsp3) is 0.429. The molecule has 110 valence electrons. The first-order valence-corrected chi connectivity index (χ1v) is 6.24. The standard InChI is InChI=1S/C14H19FN2O3/c1-10(14(19)20-3)8-17(2)9-13(18)16-12-7-5-4-6-11(12)15/h4-7,10H,8-9H2,1-3H3,(H,16,18). The molecule has 0 fully saturated rings. The first-order chi connectivity index (χ1) is 9.43. The SMILES string of the molecule is COC(=O)C(C)CN(C)CC(=O)Nc1ccccc1F. The summed E-state index contributed by atoms with van der Waals surface area (Å²) in [7, 11) is 3.03. The third-order valence-corrected chi connectivity index (χ3v) is 2.75. The Morgan fingerprint density at radius 2 is 2.05 bits per heavy atom. The summed E-state index contributed by atoms with van der Waals surface area (Å²) in [6.45, 7) is 2.17. The van der Waals surface area contributed by atoms with E-state index in [2.05, 4.69) is 10.1 Å². The molecule has 0 aliphatic heterocycles. The van der Waals surface area contributed by atoms with E-state index < -0.39 is 5.82 Å². The van der Waals surface area contributed by atoms with Gasteiger partial charge in [0.15, 0.2) is 0 Å². The molecular weight excluding hydrogens is 263 g/mol. The highest BCUT2D eigenvalue weighted by Gasteiger charge is 2.17. The molecule has 0 saturated heterocycles. The fourth-order valence-electron chi connectivity index (χ4n) is 1.81. The molecule has 0 spiro atoms. The van der Waals surface area contributed by atoms with Gasteiger partial charge < -0.3 is 10.1 Å². The highest BCUT2D eigenvalue weighted by atomic mass is 19.1. The van der Waals surface area contributed by atoms with Crippen molar-refractivity contribution in [2.45, 2.75) is 6.92 Å². The van der Waals surface area contributed by atoms with Crippen molar-refractivity contribution in [3.63, 3.8) is 0 Å². The van der Waals surface area contributed by atoms with Crippen LogP contribution in [0.15, 0.2) is 24.3 Å². The van der Waals surface area contributed by atoms with Crippen LogP contribution in [-0.4, -0.2) is 44.0 Å². The van der Waals surface area contributed by atoms with E-state index in [1.54, 1.807) is 31.0 Å². The van der Waals surface area contributed by atoms with E-state index in [-0.39, 0.29) is 30.0 Å². The molecule has 0 radical (unpaired) electrons. The van der Waals surface area contributed by atoms with Gasteiger partial charge in [0.1, 0.15) is 5.82 Å². The van der Waals surface area contributed by atoms with Crippen LogP contribution in [0, 0.1) is 11.7 Å². The lowest BCUT2D eigenvalue weighted by atomic mass is 10.2.